The van der Waals surface area contributed by atoms with E-state index in [-0.39, 0.29) is 17.9 Å². The first-order valence-corrected chi connectivity index (χ1v) is 13.2. The van der Waals surface area contributed by atoms with Gasteiger partial charge >= 0.3 is 0 Å². The molecule has 1 aliphatic rings. The van der Waals surface area contributed by atoms with Gasteiger partial charge in [0, 0.05) is 11.0 Å². The van der Waals surface area contributed by atoms with Gasteiger partial charge in [0.1, 0.15) is 5.75 Å². The fraction of sp³-hybridized carbons (Fsp3) is 0.267. The predicted octanol–water partition coefficient (Wildman–Crippen LogP) is 6.57. The summed E-state index contributed by atoms with van der Waals surface area (Å²) >= 11 is 1.34. The number of amides is 2. The van der Waals surface area contributed by atoms with Crippen molar-refractivity contribution in [2.45, 2.75) is 51.1 Å². The number of nitrogens with zero attached hydrogens (tertiary/aromatic N) is 1. The van der Waals surface area contributed by atoms with Crippen molar-refractivity contribution >= 4 is 29.3 Å². The standard InChI is InChI=1S/C30H32N2O3S/c1-4-5-18-35-25-16-14-24(15-17-25)22(3)31-29(33)19-28-30(34)32(20-23-12-10-21(2)11-13-23)26-8-6-7-9-27(26)36-28/h6-17,19,22H,4-5,18,20H2,1-3H3,(H,31,33)/b28-19-/t22-/m1/s1. The molecule has 0 fully saturated rings. The van der Waals surface area contributed by atoms with Crippen LogP contribution in [-0.2, 0) is 16.1 Å². The lowest BCUT2D eigenvalue weighted by Gasteiger charge is -2.30. The maximum absolute atomic E-state index is 13.4. The smallest absolute Gasteiger partial charge is 0.265 e. The molecule has 0 aliphatic carbocycles. The van der Waals surface area contributed by atoms with Crippen molar-refractivity contribution in [3.05, 3.63) is 100 Å². The van der Waals surface area contributed by atoms with Gasteiger partial charge in [-0.25, -0.2) is 0 Å². The van der Waals surface area contributed by atoms with Crippen LogP contribution in [0.4, 0.5) is 5.69 Å². The molecule has 1 heterocycles. The van der Waals surface area contributed by atoms with Crippen LogP contribution in [0.25, 0.3) is 0 Å². The number of rotatable bonds is 9. The number of aryl methyl sites for hydroxylation is 1. The molecule has 36 heavy (non-hydrogen) atoms. The Morgan fingerprint density at radius 1 is 1.06 bits per heavy atom. The molecule has 4 rings (SSSR count). The Balaban J connectivity index is 1.47. The number of hydrogen-bond acceptors (Lipinski definition) is 4. The highest BCUT2D eigenvalue weighted by molar-refractivity contribution is 8.04. The lowest BCUT2D eigenvalue weighted by molar-refractivity contribution is -0.118. The summed E-state index contributed by atoms with van der Waals surface area (Å²) in [6.45, 7) is 7.24. The third kappa shape index (κ3) is 6.38. The van der Waals surface area contributed by atoms with E-state index in [1.54, 1.807) is 4.90 Å². The Morgan fingerprint density at radius 3 is 2.50 bits per heavy atom. The predicted molar refractivity (Wildman–Crippen MR) is 146 cm³/mol. The van der Waals surface area contributed by atoms with Gasteiger partial charge in [0.05, 0.1) is 29.8 Å². The zero-order valence-electron chi connectivity index (χ0n) is 21.0. The number of fused-ring (bicyclic) bond motifs is 1. The number of nitrogens with one attached hydrogen (secondary N) is 1. The summed E-state index contributed by atoms with van der Waals surface area (Å²) in [6, 6.07) is 23.5. The summed E-state index contributed by atoms with van der Waals surface area (Å²) in [5, 5.41) is 2.99. The summed E-state index contributed by atoms with van der Waals surface area (Å²) in [5.74, 6) is 0.358. The topological polar surface area (TPSA) is 58.6 Å². The van der Waals surface area contributed by atoms with Crippen molar-refractivity contribution in [3.63, 3.8) is 0 Å². The van der Waals surface area contributed by atoms with Gasteiger partial charge in [-0.15, -0.1) is 0 Å². The largest absolute Gasteiger partial charge is 0.494 e. The van der Waals surface area contributed by atoms with Gasteiger partial charge in [0.2, 0.25) is 5.91 Å². The number of thioether (sulfide) groups is 1. The van der Waals surface area contributed by atoms with Crippen molar-refractivity contribution in [2.75, 3.05) is 11.5 Å². The molecule has 0 radical (unpaired) electrons. The molecule has 0 aromatic heterocycles. The van der Waals surface area contributed by atoms with Crippen LogP contribution in [0.3, 0.4) is 0 Å². The number of hydrogen-bond donors (Lipinski definition) is 1. The zero-order chi connectivity index (χ0) is 25.5. The summed E-state index contributed by atoms with van der Waals surface area (Å²) in [4.78, 5) is 29.4. The highest BCUT2D eigenvalue weighted by atomic mass is 32.2. The van der Waals surface area contributed by atoms with Crippen LogP contribution < -0.4 is 15.0 Å². The van der Waals surface area contributed by atoms with E-state index < -0.39 is 0 Å². The Labute approximate surface area is 217 Å². The molecule has 1 N–H and O–H groups in total. The molecule has 1 aliphatic heterocycles. The maximum atomic E-state index is 13.4. The lowest BCUT2D eigenvalue weighted by Crippen LogP contribution is -2.34. The number of anilines is 1. The minimum atomic E-state index is -0.295. The molecular formula is C30H32N2O3S. The second-order valence-electron chi connectivity index (χ2n) is 8.96. The highest BCUT2D eigenvalue weighted by Gasteiger charge is 2.29. The molecule has 0 bridgehead atoms. The highest BCUT2D eigenvalue weighted by Crippen LogP contribution is 2.41. The van der Waals surface area contributed by atoms with E-state index in [1.165, 1.54) is 23.4 Å². The molecule has 186 valence electrons. The number of para-hydroxylation sites is 1. The van der Waals surface area contributed by atoms with Crippen molar-refractivity contribution in [1.82, 2.24) is 5.32 Å². The van der Waals surface area contributed by atoms with Crippen LogP contribution in [0.1, 0.15) is 49.4 Å². The van der Waals surface area contributed by atoms with Gasteiger partial charge in [-0.1, -0.05) is 79.2 Å². The quantitative estimate of drug-likeness (QED) is 0.267. The normalized spacial score (nSPS) is 14.9. The average molecular weight is 501 g/mol. The molecule has 0 spiro atoms. The lowest BCUT2D eigenvalue weighted by atomic mass is 10.1. The second-order valence-corrected chi connectivity index (χ2v) is 10.0. The summed E-state index contributed by atoms with van der Waals surface area (Å²) in [7, 11) is 0. The van der Waals surface area contributed by atoms with Crippen LogP contribution in [0.2, 0.25) is 0 Å². The molecule has 3 aromatic carbocycles. The van der Waals surface area contributed by atoms with Crippen molar-refractivity contribution in [2.24, 2.45) is 0 Å². The van der Waals surface area contributed by atoms with Gasteiger partial charge in [0.25, 0.3) is 5.91 Å². The van der Waals surface area contributed by atoms with E-state index >= 15 is 0 Å². The Bertz CT molecular complexity index is 1240. The number of carbonyl (C=O) groups excluding carboxylic acids is 2. The van der Waals surface area contributed by atoms with E-state index in [2.05, 4.69) is 12.2 Å². The third-order valence-corrected chi connectivity index (χ3v) is 7.14. The molecule has 2 amide bonds. The van der Waals surface area contributed by atoms with Crippen molar-refractivity contribution in [3.8, 4) is 5.75 Å². The zero-order valence-corrected chi connectivity index (χ0v) is 21.8. The first kappa shape index (κ1) is 25.6. The molecule has 0 saturated carbocycles. The first-order chi connectivity index (χ1) is 17.4. The molecular weight excluding hydrogens is 468 g/mol. The average Bonchev–Trinajstić information content (AvgIpc) is 2.88. The van der Waals surface area contributed by atoms with E-state index in [9.17, 15) is 9.59 Å². The van der Waals surface area contributed by atoms with Crippen molar-refractivity contribution < 1.29 is 14.3 Å². The maximum Gasteiger partial charge on any atom is 0.265 e. The Kier molecular flexibility index (Phi) is 8.49. The molecule has 1 atom stereocenters. The third-order valence-electron chi connectivity index (χ3n) is 6.06. The SMILES string of the molecule is CCCCOc1ccc([C@@H](C)NC(=O)/C=C2\Sc3ccccc3N(Cc3ccc(C)cc3)C2=O)cc1. The monoisotopic (exact) mass is 500 g/mol. The summed E-state index contributed by atoms with van der Waals surface area (Å²) in [6.07, 6.45) is 3.53. The Hall–Kier alpha value is -3.51. The minimum Gasteiger partial charge on any atom is -0.494 e. The molecule has 6 heteroatoms. The molecule has 5 nitrogen and oxygen atoms in total. The number of unbranched alkanes of at least 4 members (excludes halogenated alkanes) is 1. The second kappa shape index (κ2) is 12.0. The molecule has 3 aromatic rings. The number of ether oxygens (including phenoxy) is 1. The van der Waals surface area contributed by atoms with E-state index in [4.69, 9.17) is 4.74 Å². The van der Waals surface area contributed by atoms with E-state index in [0.717, 1.165) is 40.3 Å². The first-order valence-electron chi connectivity index (χ1n) is 12.3. The van der Waals surface area contributed by atoms with Gasteiger partial charge in [0.15, 0.2) is 0 Å². The van der Waals surface area contributed by atoms with Crippen LogP contribution in [-0.4, -0.2) is 18.4 Å². The number of benzene rings is 3. The van der Waals surface area contributed by atoms with Crippen LogP contribution in [0, 0.1) is 6.92 Å². The van der Waals surface area contributed by atoms with Crippen LogP contribution >= 0.6 is 11.8 Å². The van der Waals surface area contributed by atoms with E-state index in [1.807, 2.05) is 86.6 Å². The number of carbonyl (C=O) groups is 2. The fourth-order valence-electron chi connectivity index (χ4n) is 3.94. The van der Waals surface area contributed by atoms with Crippen LogP contribution in [0.15, 0.2) is 88.7 Å². The van der Waals surface area contributed by atoms with Gasteiger partial charge < -0.3 is 15.0 Å². The van der Waals surface area contributed by atoms with Gasteiger partial charge in [-0.2, -0.15) is 0 Å². The Morgan fingerprint density at radius 2 is 1.78 bits per heavy atom. The summed E-state index contributed by atoms with van der Waals surface area (Å²) < 4.78 is 5.72. The van der Waals surface area contributed by atoms with Gasteiger partial charge in [-0.3, -0.25) is 9.59 Å². The molecule has 0 unspecified atom stereocenters. The van der Waals surface area contributed by atoms with Crippen LogP contribution in [0.5, 0.6) is 5.75 Å². The summed E-state index contributed by atoms with van der Waals surface area (Å²) in [5.41, 5.74) is 4.04. The van der Waals surface area contributed by atoms with Crippen molar-refractivity contribution in [1.29, 1.82) is 0 Å². The van der Waals surface area contributed by atoms with Gasteiger partial charge in [-0.05, 0) is 55.7 Å². The minimum absolute atomic E-state index is 0.171. The fourth-order valence-corrected chi connectivity index (χ4v) is 4.97. The van der Waals surface area contributed by atoms with E-state index in [0.29, 0.717) is 18.1 Å². The molecule has 0 saturated heterocycles.